The van der Waals surface area contributed by atoms with E-state index in [9.17, 15) is 4.79 Å². The molecule has 128 valence electrons. The Balaban J connectivity index is 1.95. The summed E-state index contributed by atoms with van der Waals surface area (Å²) < 4.78 is 5.54. The van der Waals surface area contributed by atoms with Crippen molar-refractivity contribution in [1.29, 1.82) is 0 Å². The van der Waals surface area contributed by atoms with Crippen molar-refractivity contribution in [3.63, 3.8) is 0 Å². The number of nitrogens with zero attached hydrogens (tertiary/aromatic N) is 1. The van der Waals surface area contributed by atoms with Crippen LogP contribution >= 0.6 is 0 Å². The van der Waals surface area contributed by atoms with E-state index in [2.05, 4.69) is 42.3 Å². The van der Waals surface area contributed by atoms with Crippen molar-refractivity contribution in [1.82, 2.24) is 0 Å². The smallest absolute Gasteiger partial charge is 0.226 e. The summed E-state index contributed by atoms with van der Waals surface area (Å²) in [6, 6.07) is 15.9. The molecule has 0 aliphatic rings. The summed E-state index contributed by atoms with van der Waals surface area (Å²) in [5.74, 6) is 0.702. The molecular weight excluding hydrogens is 300 g/mol. The van der Waals surface area contributed by atoms with E-state index < -0.39 is 0 Å². The molecule has 0 bridgehead atoms. The highest BCUT2D eigenvalue weighted by atomic mass is 16.5. The zero-order valence-electron chi connectivity index (χ0n) is 14.7. The molecule has 0 aromatic heterocycles. The van der Waals surface area contributed by atoms with E-state index in [0.29, 0.717) is 25.3 Å². The second-order valence-electron chi connectivity index (χ2n) is 5.65. The van der Waals surface area contributed by atoms with Crippen LogP contribution in [-0.2, 0) is 4.79 Å². The monoisotopic (exact) mass is 326 g/mol. The molecule has 24 heavy (non-hydrogen) atoms. The Bertz CT molecular complexity index is 670. The lowest BCUT2D eigenvalue weighted by Gasteiger charge is -2.23. The summed E-state index contributed by atoms with van der Waals surface area (Å²) in [5, 5.41) is 2.95. The van der Waals surface area contributed by atoms with Gasteiger partial charge in [0.15, 0.2) is 0 Å². The number of aryl methyl sites for hydroxylation is 1. The molecule has 4 heteroatoms. The van der Waals surface area contributed by atoms with Crippen LogP contribution in [0, 0.1) is 6.92 Å². The van der Waals surface area contributed by atoms with Gasteiger partial charge in [-0.1, -0.05) is 24.3 Å². The standard InChI is InChI=1S/C20H26N2O2/c1-4-22(17-10-8-9-16(3)15-17)14-13-20(23)21-18-11-6-7-12-19(18)24-5-2/h6-12,15H,4-5,13-14H2,1-3H3,(H,21,23). The van der Waals surface area contributed by atoms with Crippen molar-refractivity contribution in [2.24, 2.45) is 0 Å². The van der Waals surface area contributed by atoms with Crippen molar-refractivity contribution in [3.05, 3.63) is 54.1 Å². The average molecular weight is 326 g/mol. The Morgan fingerprint density at radius 1 is 1.12 bits per heavy atom. The molecule has 0 spiro atoms. The summed E-state index contributed by atoms with van der Waals surface area (Å²) in [6.45, 7) is 8.23. The van der Waals surface area contributed by atoms with Crippen LogP contribution in [0.2, 0.25) is 0 Å². The molecule has 1 amide bonds. The van der Waals surface area contributed by atoms with Gasteiger partial charge >= 0.3 is 0 Å². The third-order valence-corrected chi connectivity index (χ3v) is 3.82. The van der Waals surface area contributed by atoms with E-state index in [4.69, 9.17) is 4.74 Å². The predicted molar refractivity (Wildman–Crippen MR) is 99.9 cm³/mol. The first-order valence-electron chi connectivity index (χ1n) is 8.47. The Morgan fingerprint density at radius 2 is 1.92 bits per heavy atom. The molecule has 2 rings (SSSR count). The number of carbonyl (C=O) groups excluding carboxylic acids is 1. The second kappa shape index (κ2) is 8.96. The van der Waals surface area contributed by atoms with E-state index in [-0.39, 0.29) is 5.91 Å². The molecule has 1 N–H and O–H groups in total. The molecule has 2 aromatic rings. The molecule has 0 fully saturated rings. The molecule has 4 nitrogen and oxygen atoms in total. The highest BCUT2D eigenvalue weighted by molar-refractivity contribution is 5.92. The van der Waals surface area contributed by atoms with Gasteiger partial charge in [-0.3, -0.25) is 4.79 Å². The van der Waals surface area contributed by atoms with Gasteiger partial charge in [0, 0.05) is 25.2 Å². The van der Waals surface area contributed by atoms with Gasteiger partial charge in [-0.05, 0) is 50.6 Å². The summed E-state index contributed by atoms with van der Waals surface area (Å²) >= 11 is 0. The lowest BCUT2D eigenvalue weighted by atomic mass is 10.2. The SMILES string of the molecule is CCOc1ccccc1NC(=O)CCN(CC)c1cccc(C)c1. The van der Waals surface area contributed by atoms with Crippen molar-refractivity contribution < 1.29 is 9.53 Å². The van der Waals surface area contributed by atoms with Gasteiger partial charge in [0.1, 0.15) is 5.75 Å². The number of para-hydroxylation sites is 2. The Hall–Kier alpha value is -2.49. The number of benzene rings is 2. The fourth-order valence-corrected chi connectivity index (χ4v) is 2.59. The molecule has 0 atom stereocenters. The molecule has 0 saturated heterocycles. The highest BCUT2D eigenvalue weighted by Gasteiger charge is 2.10. The van der Waals surface area contributed by atoms with E-state index in [1.54, 1.807) is 0 Å². The molecule has 0 unspecified atom stereocenters. The van der Waals surface area contributed by atoms with Gasteiger partial charge in [0.05, 0.1) is 12.3 Å². The largest absolute Gasteiger partial charge is 0.492 e. The van der Waals surface area contributed by atoms with Gasteiger partial charge in [-0.2, -0.15) is 0 Å². The maximum atomic E-state index is 12.3. The second-order valence-corrected chi connectivity index (χ2v) is 5.65. The molecule has 0 aliphatic carbocycles. The number of amides is 1. The third kappa shape index (κ3) is 5.01. The van der Waals surface area contributed by atoms with Gasteiger partial charge in [-0.15, -0.1) is 0 Å². The maximum Gasteiger partial charge on any atom is 0.226 e. The van der Waals surface area contributed by atoms with E-state index in [1.165, 1.54) is 5.56 Å². The Kier molecular flexibility index (Phi) is 6.67. The van der Waals surface area contributed by atoms with Crippen LogP contribution in [0.1, 0.15) is 25.8 Å². The minimum Gasteiger partial charge on any atom is -0.492 e. The van der Waals surface area contributed by atoms with Crippen LogP contribution in [0.4, 0.5) is 11.4 Å². The van der Waals surface area contributed by atoms with Crippen molar-refractivity contribution in [3.8, 4) is 5.75 Å². The normalized spacial score (nSPS) is 10.3. The minimum atomic E-state index is -0.00624. The van der Waals surface area contributed by atoms with Gasteiger partial charge < -0.3 is 15.0 Å². The first kappa shape index (κ1) is 17.9. The summed E-state index contributed by atoms with van der Waals surface area (Å²) in [7, 11) is 0. The molecule has 0 aliphatic heterocycles. The average Bonchev–Trinajstić information content (AvgIpc) is 2.57. The number of carbonyl (C=O) groups is 1. The first-order chi connectivity index (χ1) is 11.6. The predicted octanol–water partition coefficient (Wildman–Crippen LogP) is 4.25. The fourth-order valence-electron chi connectivity index (χ4n) is 2.59. The number of nitrogens with one attached hydrogen (secondary N) is 1. The molecule has 2 aromatic carbocycles. The fraction of sp³-hybridized carbons (Fsp3) is 0.350. The topological polar surface area (TPSA) is 41.6 Å². The van der Waals surface area contributed by atoms with Crippen LogP contribution in [0.3, 0.4) is 0 Å². The zero-order valence-corrected chi connectivity index (χ0v) is 14.7. The third-order valence-electron chi connectivity index (χ3n) is 3.82. The van der Waals surface area contributed by atoms with E-state index in [0.717, 1.165) is 17.9 Å². The maximum absolute atomic E-state index is 12.3. The Morgan fingerprint density at radius 3 is 2.62 bits per heavy atom. The number of hydrogen-bond acceptors (Lipinski definition) is 3. The zero-order chi connectivity index (χ0) is 17.4. The van der Waals surface area contributed by atoms with Gasteiger partial charge in [-0.25, -0.2) is 0 Å². The number of hydrogen-bond donors (Lipinski definition) is 1. The number of rotatable bonds is 8. The van der Waals surface area contributed by atoms with Crippen LogP contribution in [-0.4, -0.2) is 25.6 Å². The summed E-state index contributed by atoms with van der Waals surface area (Å²) in [5.41, 5.74) is 3.10. The van der Waals surface area contributed by atoms with Crippen molar-refractivity contribution >= 4 is 17.3 Å². The van der Waals surface area contributed by atoms with Crippen LogP contribution < -0.4 is 15.0 Å². The first-order valence-corrected chi connectivity index (χ1v) is 8.47. The lowest BCUT2D eigenvalue weighted by molar-refractivity contribution is -0.116. The van der Waals surface area contributed by atoms with E-state index in [1.807, 2.05) is 37.3 Å². The van der Waals surface area contributed by atoms with Crippen molar-refractivity contribution in [2.75, 3.05) is 29.9 Å². The number of anilines is 2. The number of ether oxygens (including phenoxy) is 1. The van der Waals surface area contributed by atoms with Crippen LogP contribution in [0.25, 0.3) is 0 Å². The van der Waals surface area contributed by atoms with Crippen LogP contribution in [0.15, 0.2) is 48.5 Å². The van der Waals surface area contributed by atoms with Gasteiger partial charge in [0.2, 0.25) is 5.91 Å². The van der Waals surface area contributed by atoms with Crippen molar-refractivity contribution in [2.45, 2.75) is 27.2 Å². The molecule has 0 heterocycles. The Labute approximate surface area is 144 Å². The highest BCUT2D eigenvalue weighted by Crippen LogP contribution is 2.24. The quantitative estimate of drug-likeness (QED) is 0.788. The summed E-state index contributed by atoms with van der Waals surface area (Å²) in [4.78, 5) is 14.5. The lowest BCUT2D eigenvalue weighted by Crippen LogP contribution is -2.27. The molecular formula is C20H26N2O2. The van der Waals surface area contributed by atoms with Crippen LogP contribution in [0.5, 0.6) is 5.75 Å². The summed E-state index contributed by atoms with van der Waals surface area (Å²) in [6.07, 6.45) is 0.433. The molecule has 0 radical (unpaired) electrons. The van der Waals surface area contributed by atoms with E-state index >= 15 is 0 Å². The molecule has 0 saturated carbocycles. The minimum absolute atomic E-state index is 0.00624. The van der Waals surface area contributed by atoms with Gasteiger partial charge in [0.25, 0.3) is 0 Å².